The van der Waals surface area contributed by atoms with Crippen LogP contribution in [0.2, 0.25) is 0 Å². The van der Waals surface area contributed by atoms with E-state index < -0.39 is 0 Å². The van der Waals surface area contributed by atoms with Crippen LogP contribution in [0.25, 0.3) is 5.82 Å². The first-order chi connectivity index (χ1) is 12.3. The molecule has 0 spiro atoms. The van der Waals surface area contributed by atoms with E-state index in [0.29, 0.717) is 6.04 Å². The second-order valence-electron chi connectivity index (χ2n) is 6.43. The maximum atomic E-state index is 4.54. The first kappa shape index (κ1) is 15.8. The SMILES string of the molecule is CC(c1ccccc1)N1CCN(c2ccc(-n3cccn3)nc2)CC1. The minimum absolute atomic E-state index is 0.462. The van der Waals surface area contributed by atoms with Crippen LogP contribution < -0.4 is 4.90 Å². The molecule has 3 heterocycles. The van der Waals surface area contributed by atoms with E-state index in [1.165, 1.54) is 11.3 Å². The molecule has 1 aromatic carbocycles. The number of hydrogen-bond acceptors (Lipinski definition) is 4. The Balaban J connectivity index is 1.38. The monoisotopic (exact) mass is 333 g/mol. The van der Waals surface area contributed by atoms with E-state index in [1.807, 2.05) is 24.5 Å². The highest BCUT2D eigenvalue weighted by Crippen LogP contribution is 2.23. The Morgan fingerprint density at radius 3 is 2.36 bits per heavy atom. The van der Waals surface area contributed by atoms with Crippen molar-refractivity contribution in [3.63, 3.8) is 0 Å². The average Bonchev–Trinajstić information content (AvgIpc) is 3.23. The van der Waals surface area contributed by atoms with E-state index in [1.54, 1.807) is 10.9 Å². The molecule has 0 aliphatic carbocycles. The smallest absolute Gasteiger partial charge is 0.153 e. The number of hydrogen-bond donors (Lipinski definition) is 0. The van der Waals surface area contributed by atoms with E-state index >= 15 is 0 Å². The molecule has 3 aromatic rings. The largest absolute Gasteiger partial charge is 0.368 e. The van der Waals surface area contributed by atoms with Gasteiger partial charge in [-0.25, -0.2) is 9.67 Å². The molecule has 0 saturated carbocycles. The molecule has 2 aromatic heterocycles. The highest BCUT2D eigenvalue weighted by atomic mass is 15.3. The molecule has 1 fully saturated rings. The maximum absolute atomic E-state index is 4.54. The van der Waals surface area contributed by atoms with Crippen LogP contribution in [-0.4, -0.2) is 45.8 Å². The number of pyridine rings is 1. The molecule has 0 amide bonds. The van der Waals surface area contributed by atoms with Crippen LogP contribution >= 0.6 is 0 Å². The molecular weight excluding hydrogens is 310 g/mol. The summed E-state index contributed by atoms with van der Waals surface area (Å²) in [5.74, 6) is 0.852. The molecule has 128 valence electrons. The summed E-state index contributed by atoms with van der Waals surface area (Å²) in [5.41, 5.74) is 2.57. The van der Waals surface area contributed by atoms with Gasteiger partial charge in [-0.05, 0) is 30.7 Å². The Bertz CT molecular complexity index is 775. The summed E-state index contributed by atoms with van der Waals surface area (Å²) in [6.45, 7) is 6.49. The van der Waals surface area contributed by atoms with Crippen LogP contribution in [0.3, 0.4) is 0 Å². The van der Waals surface area contributed by atoms with Crippen LogP contribution in [-0.2, 0) is 0 Å². The molecule has 5 nitrogen and oxygen atoms in total. The topological polar surface area (TPSA) is 37.2 Å². The highest BCUT2D eigenvalue weighted by molar-refractivity contribution is 5.47. The van der Waals surface area contributed by atoms with E-state index in [-0.39, 0.29) is 0 Å². The van der Waals surface area contributed by atoms with Crippen molar-refractivity contribution >= 4 is 5.69 Å². The summed E-state index contributed by atoms with van der Waals surface area (Å²) in [7, 11) is 0. The Kier molecular flexibility index (Phi) is 4.48. The lowest BCUT2D eigenvalue weighted by molar-refractivity contribution is 0.198. The first-order valence-corrected chi connectivity index (χ1v) is 8.81. The van der Waals surface area contributed by atoms with Crippen LogP contribution in [0.15, 0.2) is 67.1 Å². The van der Waals surface area contributed by atoms with Crippen molar-refractivity contribution in [2.24, 2.45) is 0 Å². The zero-order valence-electron chi connectivity index (χ0n) is 14.5. The molecule has 25 heavy (non-hydrogen) atoms. The summed E-state index contributed by atoms with van der Waals surface area (Å²) in [6.07, 6.45) is 5.63. The van der Waals surface area contributed by atoms with Gasteiger partial charge in [-0.1, -0.05) is 30.3 Å². The number of aromatic nitrogens is 3. The Labute approximate surface area is 148 Å². The van der Waals surface area contributed by atoms with Crippen molar-refractivity contribution in [3.05, 3.63) is 72.7 Å². The number of anilines is 1. The van der Waals surface area contributed by atoms with Crippen molar-refractivity contribution in [3.8, 4) is 5.82 Å². The summed E-state index contributed by atoms with van der Waals surface area (Å²) < 4.78 is 1.78. The Morgan fingerprint density at radius 2 is 1.72 bits per heavy atom. The second kappa shape index (κ2) is 7.07. The van der Waals surface area contributed by atoms with Gasteiger partial charge in [0.05, 0.1) is 11.9 Å². The van der Waals surface area contributed by atoms with Gasteiger partial charge < -0.3 is 4.90 Å². The van der Waals surface area contributed by atoms with Gasteiger partial charge in [-0.3, -0.25) is 4.90 Å². The summed E-state index contributed by atoms with van der Waals surface area (Å²) in [6, 6.07) is 17.3. The fourth-order valence-corrected chi connectivity index (χ4v) is 3.41. The standard InChI is InChI=1S/C20H23N5/c1-17(18-6-3-2-4-7-18)23-12-14-24(15-13-23)19-8-9-20(21-16-19)25-11-5-10-22-25/h2-11,16-17H,12-15H2,1H3. The lowest BCUT2D eigenvalue weighted by Gasteiger charge is -2.39. The van der Waals surface area contributed by atoms with Crippen LogP contribution in [0.5, 0.6) is 0 Å². The minimum atomic E-state index is 0.462. The zero-order chi connectivity index (χ0) is 17.1. The lowest BCUT2D eigenvalue weighted by Crippen LogP contribution is -2.47. The van der Waals surface area contributed by atoms with Crippen LogP contribution in [0.4, 0.5) is 5.69 Å². The summed E-state index contributed by atoms with van der Waals surface area (Å²) in [5, 5.41) is 4.22. The first-order valence-electron chi connectivity index (χ1n) is 8.81. The fraction of sp³-hybridized carbons (Fsp3) is 0.300. The lowest BCUT2D eigenvalue weighted by atomic mass is 10.1. The molecule has 1 aliphatic rings. The van der Waals surface area contributed by atoms with Gasteiger partial charge >= 0.3 is 0 Å². The molecule has 0 N–H and O–H groups in total. The third-order valence-electron chi connectivity index (χ3n) is 4.98. The third-order valence-corrected chi connectivity index (χ3v) is 4.98. The van der Waals surface area contributed by atoms with Gasteiger partial charge in [0.25, 0.3) is 0 Å². The van der Waals surface area contributed by atoms with E-state index in [2.05, 4.69) is 63.2 Å². The van der Waals surface area contributed by atoms with Gasteiger partial charge in [0.15, 0.2) is 5.82 Å². The van der Waals surface area contributed by atoms with Gasteiger partial charge in [0.1, 0.15) is 0 Å². The Morgan fingerprint density at radius 1 is 0.920 bits per heavy atom. The number of piperazine rings is 1. The molecule has 1 atom stereocenters. The van der Waals surface area contributed by atoms with Crippen LogP contribution in [0, 0.1) is 0 Å². The quantitative estimate of drug-likeness (QED) is 0.735. The number of rotatable bonds is 4. The predicted molar refractivity (Wildman–Crippen MR) is 100 cm³/mol. The van der Waals surface area contributed by atoms with Crippen LogP contribution in [0.1, 0.15) is 18.5 Å². The van der Waals surface area contributed by atoms with E-state index in [4.69, 9.17) is 0 Å². The third kappa shape index (κ3) is 3.42. The predicted octanol–water partition coefficient (Wildman–Crippen LogP) is 3.15. The number of nitrogens with zero attached hydrogens (tertiary/aromatic N) is 5. The molecule has 0 bridgehead atoms. The molecule has 0 radical (unpaired) electrons. The van der Waals surface area contributed by atoms with Crippen molar-refractivity contribution < 1.29 is 0 Å². The van der Waals surface area contributed by atoms with Gasteiger partial charge in [0, 0.05) is 44.6 Å². The molecular formula is C20H23N5. The average molecular weight is 333 g/mol. The van der Waals surface area contributed by atoms with Gasteiger partial charge in [-0.2, -0.15) is 5.10 Å². The van der Waals surface area contributed by atoms with Crippen molar-refractivity contribution in [1.29, 1.82) is 0 Å². The molecule has 1 saturated heterocycles. The molecule has 1 unspecified atom stereocenters. The number of benzene rings is 1. The normalized spacial score (nSPS) is 16.8. The Hall–Kier alpha value is -2.66. The fourth-order valence-electron chi connectivity index (χ4n) is 3.41. The van der Waals surface area contributed by atoms with E-state index in [9.17, 15) is 0 Å². The van der Waals surface area contributed by atoms with Gasteiger partial charge in [0.2, 0.25) is 0 Å². The molecule has 4 rings (SSSR count). The van der Waals surface area contributed by atoms with Crippen molar-refractivity contribution in [2.45, 2.75) is 13.0 Å². The molecule has 1 aliphatic heterocycles. The summed E-state index contributed by atoms with van der Waals surface area (Å²) >= 11 is 0. The van der Waals surface area contributed by atoms with Crippen molar-refractivity contribution in [1.82, 2.24) is 19.7 Å². The molecule has 5 heteroatoms. The highest BCUT2D eigenvalue weighted by Gasteiger charge is 2.22. The second-order valence-corrected chi connectivity index (χ2v) is 6.43. The zero-order valence-corrected chi connectivity index (χ0v) is 14.5. The summed E-state index contributed by atoms with van der Waals surface area (Å²) in [4.78, 5) is 9.51. The van der Waals surface area contributed by atoms with Crippen molar-refractivity contribution in [2.75, 3.05) is 31.1 Å². The van der Waals surface area contributed by atoms with E-state index in [0.717, 1.165) is 32.0 Å². The minimum Gasteiger partial charge on any atom is -0.368 e. The maximum Gasteiger partial charge on any atom is 0.153 e. The van der Waals surface area contributed by atoms with Gasteiger partial charge in [-0.15, -0.1) is 0 Å².